The quantitative estimate of drug-likeness (QED) is 0.803. The van der Waals surface area contributed by atoms with E-state index in [4.69, 9.17) is 21.7 Å². The van der Waals surface area contributed by atoms with Gasteiger partial charge in [0.15, 0.2) is 15.5 Å². The van der Waals surface area contributed by atoms with Gasteiger partial charge in [-0.25, -0.2) is 0 Å². The fraction of sp³-hybridized carbons (Fsp3) is 0.333. The molecule has 2 rings (SSSR count). The molecule has 0 atom stereocenters. The number of H-pyrrole nitrogens is 1. The van der Waals surface area contributed by atoms with Gasteiger partial charge in [-0.15, -0.1) is 5.10 Å². The number of ether oxygens (including phenoxy) is 2. The minimum absolute atomic E-state index is 0.675. The molecule has 1 heterocycles. The first-order valence-electron chi connectivity index (χ1n) is 5.73. The minimum atomic E-state index is 0.675. The molecular weight excluding hydrogens is 282 g/mol. The summed E-state index contributed by atoms with van der Waals surface area (Å²) in [6, 6.07) is 5.91. The van der Waals surface area contributed by atoms with Crippen molar-refractivity contribution in [3.8, 4) is 11.5 Å². The number of aromatic nitrogens is 2. The highest BCUT2D eigenvalue weighted by Gasteiger charge is 2.04. The average Bonchev–Trinajstić information content (AvgIpc) is 2.84. The zero-order chi connectivity index (χ0) is 13.7. The summed E-state index contributed by atoms with van der Waals surface area (Å²) in [6.07, 6.45) is 0.868. The van der Waals surface area contributed by atoms with Gasteiger partial charge in [0.2, 0.25) is 5.13 Å². The van der Waals surface area contributed by atoms with Gasteiger partial charge in [0.25, 0.3) is 0 Å². The van der Waals surface area contributed by atoms with E-state index in [2.05, 4.69) is 15.5 Å². The second kappa shape index (κ2) is 6.53. The molecule has 5 nitrogen and oxygen atoms in total. The van der Waals surface area contributed by atoms with Crippen molar-refractivity contribution in [2.75, 3.05) is 26.1 Å². The predicted octanol–water partition coefficient (Wildman–Crippen LogP) is 2.87. The fourth-order valence-corrected chi connectivity index (χ4v) is 2.47. The minimum Gasteiger partial charge on any atom is -0.493 e. The molecule has 0 spiro atoms. The molecule has 2 N–H and O–H groups in total. The van der Waals surface area contributed by atoms with Crippen LogP contribution in [0, 0.1) is 3.95 Å². The van der Waals surface area contributed by atoms with Crippen molar-refractivity contribution in [3.63, 3.8) is 0 Å². The summed E-state index contributed by atoms with van der Waals surface area (Å²) in [7, 11) is 3.26. The Balaban J connectivity index is 1.94. The molecule has 0 saturated carbocycles. The van der Waals surface area contributed by atoms with Gasteiger partial charge < -0.3 is 14.8 Å². The third-order valence-electron chi connectivity index (χ3n) is 2.58. The van der Waals surface area contributed by atoms with Crippen LogP contribution >= 0.6 is 23.6 Å². The lowest BCUT2D eigenvalue weighted by atomic mass is 10.1. The smallest absolute Gasteiger partial charge is 0.204 e. The normalized spacial score (nSPS) is 10.2. The number of rotatable bonds is 6. The number of aromatic amines is 1. The molecule has 1 aromatic heterocycles. The molecule has 0 aliphatic rings. The van der Waals surface area contributed by atoms with E-state index in [1.165, 1.54) is 16.9 Å². The Morgan fingerprint density at radius 3 is 2.74 bits per heavy atom. The van der Waals surface area contributed by atoms with Gasteiger partial charge in [0.1, 0.15) is 0 Å². The van der Waals surface area contributed by atoms with E-state index in [0.29, 0.717) is 3.95 Å². The number of methoxy groups -OCH3 is 2. The van der Waals surface area contributed by atoms with Crippen LogP contribution in [0.1, 0.15) is 5.56 Å². The molecular formula is C12H15N3O2S2. The lowest BCUT2D eigenvalue weighted by Gasteiger charge is -2.09. The topological polar surface area (TPSA) is 59.2 Å². The van der Waals surface area contributed by atoms with Crippen molar-refractivity contribution in [1.29, 1.82) is 0 Å². The maximum atomic E-state index is 5.27. The van der Waals surface area contributed by atoms with Gasteiger partial charge in [-0.3, -0.25) is 5.10 Å². The number of hydrogen-bond acceptors (Lipinski definition) is 6. The molecule has 7 heteroatoms. The zero-order valence-electron chi connectivity index (χ0n) is 10.7. The van der Waals surface area contributed by atoms with Gasteiger partial charge >= 0.3 is 0 Å². The van der Waals surface area contributed by atoms with E-state index < -0.39 is 0 Å². The Morgan fingerprint density at radius 1 is 1.32 bits per heavy atom. The van der Waals surface area contributed by atoms with Crippen molar-refractivity contribution < 1.29 is 9.47 Å². The van der Waals surface area contributed by atoms with Crippen molar-refractivity contribution in [2.45, 2.75) is 6.42 Å². The number of anilines is 1. The number of hydrogen-bond donors (Lipinski definition) is 2. The molecule has 0 unspecified atom stereocenters. The maximum Gasteiger partial charge on any atom is 0.204 e. The number of benzene rings is 1. The molecule has 0 fully saturated rings. The summed E-state index contributed by atoms with van der Waals surface area (Å²) < 4.78 is 11.1. The first-order valence-corrected chi connectivity index (χ1v) is 6.95. The Kier molecular flexibility index (Phi) is 4.75. The standard InChI is InChI=1S/C12H15N3O2S2/c1-16-9-4-3-8(7-10(9)17-2)5-6-13-11-14-15-12(18)19-11/h3-4,7H,5-6H2,1-2H3,(H,13,14)(H,15,18). The van der Waals surface area contributed by atoms with Gasteiger partial charge in [0, 0.05) is 6.54 Å². The van der Waals surface area contributed by atoms with Crippen LogP contribution in [0.15, 0.2) is 18.2 Å². The molecule has 1 aromatic carbocycles. The maximum absolute atomic E-state index is 5.27. The Bertz CT molecular complexity index is 595. The van der Waals surface area contributed by atoms with Crippen LogP contribution in [0.25, 0.3) is 0 Å². The molecule has 0 bridgehead atoms. The van der Waals surface area contributed by atoms with Crippen LogP contribution < -0.4 is 14.8 Å². The SMILES string of the molecule is COc1ccc(CCNc2n[nH]c(=S)s2)cc1OC. The van der Waals surface area contributed by atoms with Gasteiger partial charge in [0.05, 0.1) is 14.2 Å². The van der Waals surface area contributed by atoms with E-state index in [9.17, 15) is 0 Å². The third kappa shape index (κ3) is 3.68. The Morgan fingerprint density at radius 2 is 2.11 bits per heavy atom. The molecule has 102 valence electrons. The molecule has 19 heavy (non-hydrogen) atoms. The van der Waals surface area contributed by atoms with Crippen molar-refractivity contribution in [2.24, 2.45) is 0 Å². The van der Waals surface area contributed by atoms with Gasteiger partial charge in [-0.1, -0.05) is 17.4 Å². The summed E-state index contributed by atoms with van der Waals surface area (Å²) >= 11 is 6.40. The Labute approximate surface area is 120 Å². The second-order valence-corrected chi connectivity index (χ2v) is 5.45. The van der Waals surface area contributed by atoms with Crippen LogP contribution in [0.2, 0.25) is 0 Å². The molecule has 0 radical (unpaired) electrons. The van der Waals surface area contributed by atoms with Crippen LogP contribution in [-0.4, -0.2) is 31.0 Å². The summed E-state index contributed by atoms with van der Waals surface area (Å²) in [6.45, 7) is 0.783. The highest BCUT2D eigenvalue weighted by molar-refractivity contribution is 7.73. The average molecular weight is 297 g/mol. The second-order valence-electron chi connectivity index (χ2n) is 3.78. The van der Waals surface area contributed by atoms with Crippen LogP contribution in [0.4, 0.5) is 5.13 Å². The Hall–Kier alpha value is -1.60. The van der Waals surface area contributed by atoms with Gasteiger partial charge in [-0.2, -0.15) is 0 Å². The highest BCUT2D eigenvalue weighted by atomic mass is 32.1. The summed E-state index contributed by atoms with van der Waals surface area (Å²) in [4.78, 5) is 0. The van der Waals surface area contributed by atoms with E-state index >= 15 is 0 Å². The zero-order valence-corrected chi connectivity index (χ0v) is 12.4. The molecule has 2 aromatic rings. The third-order valence-corrected chi connectivity index (χ3v) is 3.62. The van der Waals surface area contributed by atoms with Crippen molar-refractivity contribution >= 4 is 28.7 Å². The first-order chi connectivity index (χ1) is 9.22. The van der Waals surface area contributed by atoms with Crippen LogP contribution in [0.5, 0.6) is 11.5 Å². The van der Waals surface area contributed by atoms with Crippen LogP contribution in [0.3, 0.4) is 0 Å². The van der Waals surface area contributed by atoms with E-state index in [0.717, 1.165) is 29.6 Å². The van der Waals surface area contributed by atoms with Crippen molar-refractivity contribution in [1.82, 2.24) is 10.2 Å². The first kappa shape index (κ1) is 13.8. The van der Waals surface area contributed by atoms with E-state index in [1.807, 2.05) is 18.2 Å². The number of nitrogens with zero attached hydrogens (tertiary/aromatic N) is 1. The van der Waals surface area contributed by atoms with Crippen LogP contribution in [-0.2, 0) is 6.42 Å². The molecule has 0 aliphatic heterocycles. The molecule has 0 amide bonds. The highest BCUT2D eigenvalue weighted by Crippen LogP contribution is 2.27. The molecule has 0 aliphatic carbocycles. The summed E-state index contributed by atoms with van der Waals surface area (Å²) in [5, 5.41) is 10.8. The lowest BCUT2D eigenvalue weighted by molar-refractivity contribution is 0.354. The monoisotopic (exact) mass is 297 g/mol. The number of nitrogens with one attached hydrogen (secondary N) is 2. The van der Waals surface area contributed by atoms with E-state index in [-0.39, 0.29) is 0 Å². The predicted molar refractivity (Wildman–Crippen MR) is 79.0 cm³/mol. The largest absolute Gasteiger partial charge is 0.493 e. The summed E-state index contributed by atoms with van der Waals surface area (Å²) in [5.41, 5.74) is 1.17. The lowest BCUT2D eigenvalue weighted by Crippen LogP contribution is -2.04. The summed E-state index contributed by atoms with van der Waals surface area (Å²) in [5.74, 6) is 1.49. The van der Waals surface area contributed by atoms with E-state index in [1.54, 1.807) is 14.2 Å². The fourth-order valence-electron chi connectivity index (χ4n) is 1.66. The van der Waals surface area contributed by atoms with Gasteiger partial charge in [-0.05, 0) is 36.3 Å². The van der Waals surface area contributed by atoms with Crippen molar-refractivity contribution in [3.05, 3.63) is 27.7 Å². The molecule has 0 saturated heterocycles.